The molecule has 3 fully saturated rings. The van der Waals surface area contributed by atoms with Gasteiger partial charge in [-0.3, -0.25) is 4.98 Å². The third-order valence-electron chi connectivity index (χ3n) is 7.63. The van der Waals surface area contributed by atoms with Crippen molar-refractivity contribution in [3.05, 3.63) is 36.4 Å². The molecule has 3 aliphatic rings. The molecule has 6 heterocycles. The highest BCUT2D eigenvalue weighted by Gasteiger charge is 2.39. The Bertz CT molecular complexity index is 1430. The molecule has 3 aliphatic heterocycles. The summed E-state index contributed by atoms with van der Waals surface area (Å²) >= 11 is 0. The Morgan fingerprint density at radius 2 is 1.97 bits per heavy atom. The van der Waals surface area contributed by atoms with Crippen LogP contribution in [-0.4, -0.2) is 79.3 Å². The molecule has 0 amide bonds. The maximum absolute atomic E-state index is 11.7. The van der Waals surface area contributed by atoms with E-state index in [0.29, 0.717) is 36.7 Å². The first-order valence-corrected chi connectivity index (χ1v) is 15.0. The summed E-state index contributed by atoms with van der Waals surface area (Å²) in [5, 5.41) is 5.43. The minimum absolute atomic E-state index is 0. The summed E-state index contributed by atoms with van der Waals surface area (Å²) in [5.41, 5.74) is 2.00. The second-order valence-electron chi connectivity index (χ2n) is 10.9. The Kier molecular flexibility index (Phi) is 6.15. The number of anilines is 4. The van der Waals surface area contributed by atoms with E-state index in [-0.39, 0.29) is 19.0 Å². The maximum Gasteiger partial charge on any atom is 0.227 e. The van der Waals surface area contributed by atoms with E-state index in [0.717, 1.165) is 54.3 Å². The van der Waals surface area contributed by atoms with Crippen molar-refractivity contribution in [1.29, 1.82) is 0 Å². The second-order valence-corrected chi connectivity index (χ2v) is 13.1. The lowest BCUT2D eigenvalue weighted by Gasteiger charge is -2.41. The number of nitrogens with one attached hydrogen (secondary N) is 1. The van der Waals surface area contributed by atoms with Crippen molar-refractivity contribution in [2.24, 2.45) is 11.8 Å². The molecule has 2 atom stereocenters. The van der Waals surface area contributed by atoms with Gasteiger partial charge in [0.05, 0.1) is 42.6 Å². The van der Waals surface area contributed by atoms with E-state index >= 15 is 0 Å². The molecule has 6 rings (SSSR count). The van der Waals surface area contributed by atoms with Crippen LogP contribution in [0.5, 0.6) is 0 Å². The largest absolute Gasteiger partial charge is 0.379 e. The highest BCUT2D eigenvalue weighted by Crippen LogP contribution is 2.36. The minimum atomic E-state index is -2.98. The average Bonchev–Trinajstić information content (AvgIpc) is 3.44. The lowest BCUT2D eigenvalue weighted by molar-refractivity contribution is 0.179. The van der Waals surface area contributed by atoms with Crippen LogP contribution in [0.1, 0.15) is 33.3 Å². The number of fused-ring (bicyclic) bond motifs is 2. The van der Waals surface area contributed by atoms with Gasteiger partial charge in [0.25, 0.3) is 0 Å². The van der Waals surface area contributed by atoms with E-state index in [1.807, 2.05) is 24.5 Å². The van der Waals surface area contributed by atoms with Crippen molar-refractivity contribution in [3.8, 4) is 0 Å². The third-order valence-corrected chi connectivity index (χ3v) is 8.70. The first kappa shape index (κ1) is 24.3. The first-order chi connectivity index (χ1) is 17.7. The van der Waals surface area contributed by atoms with Crippen LogP contribution >= 0.6 is 0 Å². The molecule has 198 valence electrons. The number of hydrogen-bond acceptors (Lipinski definition) is 10. The first-order valence-electron chi connectivity index (χ1n) is 12.9. The summed E-state index contributed by atoms with van der Waals surface area (Å²) in [7, 11) is -2.98. The molecule has 0 unspecified atom stereocenters. The molecule has 0 radical (unpaired) electrons. The molecule has 0 saturated carbocycles. The molecule has 1 N–H and O–H groups in total. The molecular formula is C26H35N7O3S. The lowest BCUT2D eigenvalue weighted by atomic mass is 9.98. The van der Waals surface area contributed by atoms with E-state index in [4.69, 9.17) is 19.7 Å². The van der Waals surface area contributed by atoms with Crippen molar-refractivity contribution in [1.82, 2.24) is 19.9 Å². The van der Waals surface area contributed by atoms with Crippen molar-refractivity contribution < 1.29 is 14.6 Å². The van der Waals surface area contributed by atoms with Gasteiger partial charge in [-0.1, -0.05) is 13.8 Å². The smallest absolute Gasteiger partial charge is 0.227 e. The molecule has 10 nitrogen and oxygen atoms in total. The van der Waals surface area contributed by atoms with Gasteiger partial charge < -0.3 is 19.9 Å². The van der Waals surface area contributed by atoms with E-state index < -0.39 is 9.84 Å². The van der Waals surface area contributed by atoms with E-state index in [2.05, 4.69) is 33.9 Å². The fraction of sp³-hybridized carbons (Fsp3) is 0.538. The maximum atomic E-state index is 11.7. The summed E-state index contributed by atoms with van der Waals surface area (Å²) in [5.74, 6) is 3.28. The molecule has 3 aromatic rings. The van der Waals surface area contributed by atoms with Crippen LogP contribution in [0.15, 0.2) is 30.7 Å². The monoisotopic (exact) mass is 525 g/mol. The van der Waals surface area contributed by atoms with Gasteiger partial charge >= 0.3 is 0 Å². The number of pyridine rings is 2. The highest BCUT2D eigenvalue weighted by atomic mass is 32.2. The van der Waals surface area contributed by atoms with Crippen LogP contribution in [0, 0.1) is 11.8 Å². The second kappa shape index (κ2) is 9.36. The fourth-order valence-corrected chi connectivity index (χ4v) is 6.90. The third kappa shape index (κ3) is 4.82. The van der Waals surface area contributed by atoms with Crippen molar-refractivity contribution >= 4 is 43.9 Å². The number of sulfone groups is 1. The molecule has 0 aromatic carbocycles. The highest BCUT2D eigenvalue weighted by molar-refractivity contribution is 7.90. The predicted octanol–water partition coefficient (Wildman–Crippen LogP) is 3.24. The normalized spacial score (nSPS) is 22.1. The van der Waals surface area contributed by atoms with Crippen LogP contribution in [0.2, 0.25) is 0 Å². The summed E-state index contributed by atoms with van der Waals surface area (Å²) in [6.45, 7) is 8.18. The van der Waals surface area contributed by atoms with Gasteiger partial charge in [-0.2, -0.15) is 4.98 Å². The standard InChI is InChI=1S/C26H33N7O3S.H2/c1-16(2)25-19-8-24(28-9-20(19)21(10-29-25)32-11-17(12-32)15-37(3,34)35)30-23-4-6-27-26(31-23)33-7-5-18-13-36-14-22(18)33;/h4,6,8-10,16-18,22H,5,7,11-15H2,1-3H3,(H,27,28,30,31);1H/t18-,22+;/m0./s1. The van der Waals surface area contributed by atoms with Gasteiger partial charge in [-0.25, -0.2) is 18.4 Å². The van der Waals surface area contributed by atoms with Gasteiger partial charge in [0.2, 0.25) is 5.95 Å². The van der Waals surface area contributed by atoms with Crippen molar-refractivity contribution in [2.75, 3.05) is 60.0 Å². The Hall–Kier alpha value is -3.05. The zero-order valence-corrected chi connectivity index (χ0v) is 22.3. The fourth-order valence-electron chi connectivity index (χ4n) is 5.84. The minimum Gasteiger partial charge on any atom is -0.379 e. The summed E-state index contributed by atoms with van der Waals surface area (Å²) in [6, 6.07) is 4.24. The Balaban J connectivity index is 0.00000294. The molecular weight excluding hydrogens is 490 g/mol. The van der Waals surface area contributed by atoms with Crippen molar-refractivity contribution in [2.45, 2.75) is 32.2 Å². The van der Waals surface area contributed by atoms with Gasteiger partial charge in [0.1, 0.15) is 21.5 Å². The van der Waals surface area contributed by atoms with Gasteiger partial charge in [-0.05, 0) is 24.5 Å². The van der Waals surface area contributed by atoms with Crippen LogP contribution in [0.25, 0.3) is 10.8 Å². The predicted molar refractivity (Wildman–Crippen MR) is 147 cm³/mol. The number of aromatic nitrogens is 4. The topological polar surface area (TPSA) is 113 Å². The summed E-state index contributed by atoms with van der Waals surface area (Å²) in [4.78, 5) is 23.3. The lowest BCUT2D eigenvalue weighted by Crippen LogP contribution is -2.49. The zero-order chi connectivity index (χ0) is 25.7. The number of hydrogen-bond donors (Lipinski definition) is 1. The molecule has 11 heteroatoms. The van der Waals surface area contributed by atoms with E-state index in [1.165, 1.54) is 6.26 Å². The quantitative estimate of drug-likeness (QED) is 0.493. The van der Waals surface area contributed by atoms with Crippen LogP contribution in [0.3, 0.4) is 0 Å². The molecule has 3 aromatic heterocycles. The SMILES string of the molecule is CC(C)c1ncc(N2CC(CS(C)(=O)=O)C2)c2cnc(Nc3ccnc(N4CC[C@H]5COC[C@H]54)n3)cc12.[HH]. The van der Waals surface area contributed by atoms with Crippen LogP contribution in [-0.2, 0) is 14.6 Å². The van der Waals surface area contributed by atoms with E-state index in [9.17, 15) is 8.42 Å². The molecule has 0 bridgehead atoms. The van der Waals surface area contributed by atoms with Gasteiger partial charge in [0, 0.05) is 62.3 Å². The molecule has 3 saturated heterocycles. The zero-order valence-electron chi connectivity index (χ0n) is 21.5. The number of nitrogens with zero attached hydrogens (tertiary/aromatic N) is 6. The molecule has 0 spiro atoms. The average molecular weight is 526 g/mol. The van der Waals surface area contributed by atoms with E-state index in [1.54, 1.807) is 6.20 Å². The number of ether oxygens (including phenoxy) is 1. The summed E-state index contributed by atoms with van der Waals surface area (Å²) < 4.78 is 29.0. The Labute approximate surface area is 218 Å². The van der Waals surface area contributed by atoms with Crippen molar-refractivity contribution in [3.63, 3.8) is 0 Å². The molecule has 0 aliphatic carbocycles. The van der Waals surface area contributed by atoms with Gasteiger partial charge in [-0.15, -0.1) is 0 Å². The Morgan fingerprint density at radius 3 is 2.76 bits per heavy atom. The van der Waals surface area contributed by atoms with Gasteiger partial charge in [0.15, 0.2) is 0 Å². The van der Waals surface area contributed by atoms with Crippen LogP contribution < -0.4 is 15.1 Å². The van der Waals surface area contributed by atoms with Crippen LogP contribution in [0.4, 0.5) is 23.3 Å². The summed E-state index contributed by atoms with van der Waals surface area (Å²) in [6.07, 6.45) is 7.97. The number of rotatable bonds is 7. The Morgan fingerprint density at radius 1 is 1.14 bits per heavy atom. The molecule has 37 heavy (non-hydrogen) atoms.